The van der Waals surface area contributed by atoms with E-state index in [1.165, 1.54) is 37.0 Å². The Balaban J connectivity index is 1.84. The molecule has 0 saturated carbocycles. The molecule has 0 bridgehead atoms. The van der Waals surface area contributed by atoms with Crippen LogP contribution in [0.5, 0.6) is 0 Å². The maximum atomic E-state index is 2.74. The van der Waals surface area contributed by atoms with Gasteiger partial charge in [-0.05, 0) is 0 Å². The van der Waals surface area contributed by atoms with Gasteiger partial charge in [0.25, 0.3) is 6.17 Å². The van der Waals surface area contributed by atoms with Gasteiger partial charge >= 0.3 is 11.8 Å². The molecule has 4 unspecified atom stereocenters. The summed E-state index contributed by atoms with van der Waals surface area (Å²) in [5, 5.41) is 0. The van der Waals surface area contributed by atoms with Crippen molar-refractivity contribution < 1.29 is 9.06 Å². The van der Waals surface area contributed by atoms with Crippen LogP contribution in [0.15, 0.2) is 0 Å². The highest BCUT2D eigenvalue weighted by atomic mass is 15.9. The molecule has 5 aliphatic heterocycles. The highest BCUT2D eigenvalue weighted by Crippen LogP contribution is 2.77. The Morgan fingerprint density at radius 1 is 1.50 bits per heavy atom. The minimum absolute atomic E-state index is 0.689. The van der Waals surface area contributed by atoms with E-state index in [9.17, 15) is 0 Å². The average Bonchev–Trinajstić information content (AvgIpc) is 2.82. The summed E-state index contributed by atoms with van der Waals surface area (Å²) < 4.78 is 4.13. The molecule has 4 saturated heterocycles. The first kappa shape index (κ1) is 5.35. The fourth-order valence-corrected chi connectivity index (χ4v) is 4.69. The van der Waals surface area contributed by atoms with Crippen LogP contribution in [0.4, 0.5) is 0 Å². The summed E-state index contributed by atoms with van der Waals surface area (Å²) in [6, 6.07) is 0. The molecule has 2 spiro atoms. The predicted octanol–water partition coefficient (Wildman–Crippen LogP) is -0.615. The van der Waals surface area contributed by atoms with Gasteiger partial charge in [-0.15, -0.1) is 4.58 Å². The number of hydrogen-bond acceptors (Lipinski definition) is 1. The Kier molecular flexibility index (Phi) is 0.496. The smallest absolute Gasteiger partial charge is 0.222 e. The summed E-state index contributed by atoms with van der Waals surface area (Å²) in [7, 11) is 0. The van der Waals surface area contributed by atoms with E-state index in [0.29, 0.717) is 5.66 Å². The molecule has 0 amide bonds. The summed E-state index contributed by atoms with van der Waals surface area (Å²) in [5.74, 6) is 0. The van der Waals surface area contributed by atoms with E-state index in [2.05, 4.69) is 15.7 Å². The summed E-state index contributed by atoms with van der Waals surface area (Å²) in [6.07, 6.45) is 7.07. The van der Waals surface area contributed by atoms with E-state index in [1.54, 1.807) is 0 Å². The lowest BCUT2D eigenvalue weighted by molar-refractivity contribution is -0.874. The van der Waals surface area contributed by atoms with Gasteiger partial charge in [-0.1, -0.05) is 0 Å². The number of nitrogens with zero attached hydrogens (tertiary/aromatic N) is 3. The first-order chi connectivity index (χ1) is 5.93. The summed E-state index contributed by atoms with van der Waals surface area (Å²) in [6.45, 7) is 4.29. The molecular formula is C9H13N3+2. The van der Waals surface area contributed by atoms with Crippen LogP contribution in [-0.2, 0) is 0 Å². The standard InChI is InChI=1S/C9H13N3/c1-3-10-7-9-8(10)12(9,5-1)6-2-4-11(7)9/h4,7-8H,1-3,5-6H2/q+2. The molecule has 0 radical (unpaired) electrons. The first-order valence-electron chi connectivity index (χ1n) is 5.17. The normalized spacial score (nSPS) is 68.8. The molecule has 5 heterocycles. The largest absolute Gasteiger partial charge is 0.436 e. The fourth-order valence-electron chi connectivity index (χ4n) is 4.69. The van der Waals surface area contributed by atoms with Crippen LogP contribution in [0.25, 0.3) is 0 Å². The van der Waals surface area contributed by atoms with Crippen molar-refractivity contribution in [2.45, 2.75) is 30.8 Å². The van der Waals surface area contributed by atoms with Crippen LogP contribution in [0.1, 0.15) is 12.8 Å². The van der Waals surface area contributed by atoms with Crippen molar-refractivity contribution in [2.24, 2.45) is 0 Å². The maximum Gasteiger partial charge on any atom is 0.436 e. The predicted molar refractivity (Wildman–Crippen MR) is 42.6 cm³/mol. The van der Waals surface area contributed by atoms with Crippen molar-refractivity contribution in [3.8, 4) is 0 Å². The molecule has 62 valence electrons. The van der Waals surface area contributed by atoms with E-state index in [4.69, 9.17) is 0 Å². The van der Waals surface area contributed by atoms with Crippen LogP contribution >= 0.6 is 0 Å². The second kappa shape index (κ2) is 1.11. The third-order valence-electron chi connectivity index (χ3n) is 4.94. The van der Waals surface area contributed by atoms with Gasteiger partial charge in [-0.3, -0.25) is 0 Å². The van der Waals surface area contributed by atoms with Crippen LogP contribution < -0.4 is 0 Å². The third kappa shape index (κ3) is 0.237. The van der Waals surface area contributed by atoms with Gasteiger partial charge in [0.05, 0.1) is 19.5 Å². The topological polar surface area (TPSA) is 6.25 Å². The zero-order valence-electron chi connectivity index (χ0n) is 7.11. The highest BCUT2D eigenvalue weighted by Gasteiger charge is 3.17. The van der Waals surface area contributed by atoms with Crippen molar-refractivity contribution in [1.82, 2.24) is 4.90 Å². The maximum absolute atomic E-state index is 2.74. The lowest BCUT2D eigenvalue weighted by Gasteiger charge is -2.24. The number of rotatable bonds is 0. The van der Waals surface area contributed by atoms with Crippen LogP contribution in [-0.4, -0.2) is 57.8 Å². The molecule has 0 N–H and O–H groups in total. The SMILES string of the molecule is C1=[N+]2C3N4CCC[N+]5(CC1)C4C325. The average molecular weight is 163 g/mol. The molecule has 4 atom stereocenters. The highest BCUT2D eigenvalue weighted by molar-refractivity contribution is 5.56. The second-order valence-electron chi connectivity index (χ2n) is 4.98. The van der Waals surface area contributed by atoms with E-state index in [-0.39, 0.29) is 0 Å². The molecular weight excluding hydrogens is 150 g/mol. The van der Waals surface area contributed by atoms with Gasteiger partial charge in [0.1, 0.15) is 0 Å². The van der Waals surface area contributed by atoms with Crippen molar-refractivity contribution in [2.75, 3.05) is 19.6 Å². The van der Waals surface area contributed by atoms with Crippen molar-refractivity contribution in [3.63, 3.8) is 0 Å². The molecule has 3 heteroatoms. The van der Waals surface area contributed by atoms with Gasteiger partial charge in [-0.2, -0.15) is 4.90 Å². The Morgan fingerprint density at radius 2 is 2.50 bits per heavy atom. The zero-order chi connectivity index (χ0) is 7.55. The van der Waals surface area contributed by atoms with Gasteiger partial charge in [0, 0.05) is 13.0 Å². The van der Waals surface area contributed by atoms with E-state index in [1.807, 2.05) is 0 Å². The summed E-state index contributed by atoms with van der Waals surface area (Å²) >= 11 is 0. The molecule has 12 heavy (non-hydrogen) atoms. The Labute approximate surface area is 71.5 Å². The monoisotopic (exact) mass is 163 g/mol. The second-order valence-corrected chi connectivity index (χ2v) is 4.98. The van der Waals surface area contributed by atoms with Gasteiger partial charge in [0.2, 0.25) is 0 Å². The quantitative estimate of drug-likeness (QED) is 0.262. The Hall–Kier alpha value is -0.410. The summed E-state index contributed by atoms with van der Waals surface area (Å²) in [4.78, 5) is 2.74. The number of hydrogen-bond donors (Lipinski definition) is 0. The third-order valence-corrected chi connectivity index (χ3v) is 4.94. The molecule has 3 nitrogen and oxygen atoms in total. The Morgan fingerprint density at radius 3 is 3.50 bits per heavy atom. The first-order valence-corrected chi connectivity index (χ1v) is 5.17. The molecule has 5 rings (SSSR count). The summed E-state index contributed by atoms with van der Waals surface area (Å²) in [5.41, 5.74) is 0.689. The zero-order valence-corrected chi connectivity index (χ0v) is 7.11. The number of fused-ring (bicyclic) bond motifs is 2. The van der Waals surface area contributed by atoms with Crippen molar-refractivity contribution in [1.29, 1.82) is 0 Å². The van der Waals surface area contributed by atoms with E-state index >= 15 is 0 Å². The molecule has 4 fully saturated rings. The van der Waals surface area contributed by atoms with Crippen molar-refractivity contribution in [3.05, 3.63) is 0 Å². The number of quaternary nitrogens is 1. The van der Waals surface area contributed by atoms with Gasteiger partial charge in [-0.25, -0.2) is 4.48 Å². The minimum atomic E-state index is 0.689. The molecule has 5 aliphatic rings. The minimum Gasteiger partial charge on any atom is -0.222 e. The van der Waals surface area contributed by atoms with Crippen LogP contribution in [0, 0.1) is 0 Å². The van der Waals surface area contributed by atoms with Gasteiger partial charge in [0.15, 0.2) is 6.21 Å². The molecule has 0 aliphatic carbocycles. The van der Waals surface area contributed by atoms with E-state index in [0.717, 1.165) is 12.3 Å². The molecule has 0 aromatic carbocycles. The Bertz CT molecular complexity index is 350. The fraction of sp³-hybridized carbons (Fsp3) is 0.889. The van der Waals surface area contributed by atoms with Gasteiger partial charge < -0.3 is 0 Å². The van der Waals surface area contributed by atoms with Crippen molar-refractivity contribution >= 4 is 6.21 Å². The van der Waals surface area contributed by atoms with E-state index < -0.39 is 0 Å². The lowest BCUT2D eigenvalue weighted by Crippen LogP contribution is -2.48. The molecule has 0 aromatic rings. The van der Waals surface area contributed by atoms with Crippen LogP contribution in [0.2, 0.25) is 0 Å². The lowest BCUT2D eigenvalue weighted by atomic mass is 10.2. The van der Waals surface area contributed by atoms with Crippen LogP contribution in [0.3, 0.4) is 0 Å². The molecule has 0 aromatic heterocycles.